The van der Waals surface area contributed by atoms with Gasteiger partial charge in [0, 0.05) is 6.07 Å². The molecular weight excluding hydrogens is 482 g/mol. The summed E-state index contributed by atoms with van der Waals surface area (Å²) in [4.78, 5) is 35.3. The number of hydrogen-bond acceptors (Lipinski definition) is 7. The predicted octanol–water partition coefficient (Wildman–Crippen LogP) is 5.02. The van der Waals surface area contributed by atoms with Gasteiger partial charge in [-0.1, -0.05) is 36.0 Å². The Morgan fingerprint density at radius 2 is 1.56 bits per heavy atom. The van der Waals surface area contributed by atoms with Gasteiger partial charge in [0.25, 0.3) is 5.24 Å². The number of methoxy groups -OCH3 is 2. The molecule has 1 atom stereocenters. The van der Waals surface area contributed by atoms with Gasteiger partial charge in [-0.2, -0.15) is 0 Å². The number of benzene rings is 3. The number of carboxylic acids is 1. The molecule has 1 fully saturated rings. The summed E-state index contributed by atoms with van der Waals surface area (Å²) in [5, 5.41) is 9.83. The Hall–Kier alpha value is -4.24. The normalized spacial score (nSPS) is 17.8. The minimum Gasteiger partial charge on any atom is -0.497 e. The summed E-state index contributed by atoms with van der Waals surface area (Å²) in [5.74, 6) is 0.394. The summed E-state index contributed by atoms with van der Waals surface area (Å²) in [6.07, 6.45) is 1.62. The van der Waals surface area contributed by atoms with E-state index in [9.17, 15) is 19.5 Å². The highest BCUT2D eigenvalue weighted by Crippen LogP contribution is 2.29. The smallest absolute Gasteiger partial charge is 0.336 e. The van der Waals surface area contributed by atoms with Crippen LogP contribution in [-0.4, -0.2) is 41.7 Å². The number of imide groups is 1. The van der Waals surface area contributed by atoms with E-state index in [1.165, 1.54) is 20.3 Å². The molecule has 4 rings (SSSR count). The molecule has 184 valence electrons. The van der Waals surface area contributed by atoms with E-state index in [4.69, 9.17) is 15.6 Å². The molecule has 1 heterocycles. The van der Waals surface area contributed by atoms with Gasteiger partial charge in [-0.25, -0.2) is 4.79 Å². The molecule has 0 saturated carbocycles. The number of nitrogens with one attached hydrogen (secondary N) is 1. The van der Waals surface area contributed by atoms with Crippen LogP contribution in [0.1, 0.15) is 18.1 Å². The number of carboxylic acid groups (broad SMARTS) is 1. The van der Waals surface area contributed by atoms with Crippen molar-refractivity contribution in [2.45, 2.75) is 11.6 Å². The van der Waals surface area contributed by atoms with Crippen LogP contribution in [0.25, 0.3) is 11.6 Å². The molecule has 3 aromatic carbocycles. The van der Waals surface area contributed by atoms with Gasteiger partial charge in [-0.05, 0) is 65.6 Å². The number of hydrogen-bond donors (Lipinski definition) is 2. The summed E-state index contributed by atoms with van der Waals surface area (Å²) >= 11 is 0.664. The molecule has 0 radical (unpaired) electrons. The molecule has 2 N–H and O–H groups in total. The number of rotatable bonds is 9. The Balaban J connectivity index is 1.48. The summed E-state index contributed by atoms with van der Waals surface area (Å²) in [6.45, 7) is 0. The van der Waals surface area contributed by atoms with Gasteiger partial charge in [-0.15, -0.1) is 0 Å². The molecule has 0 aromatic heterocycles. The van der Waals surface area contributed by atoms with Gasteiger partial charge >= 0.3 is 5.97 Å². The molecule has 8 nitrogen and oxygen atoms in total. The highest BCUT2D eigenvalue weighted by molar-refractivity contribution is 8.15. The van der Waals surface area contributed by atoms with Crippen molar-refractivity contribution in [1.82, 2.24) is 5.32 Å². The number of amides is 2. The molecule has 3 aromatic rings. The molecule has 0 bridgehead atoms. The molecule has 1 aliphatic rings. The minimum absolute atomic E-state index is 0.0771. The third-order valence-corrected chi connectivity index (χ3v) is 6.15. The lowest BCUT2D eigenvalue weighted by molar-refractivity contribution is -0.130. The molecule has 1 aliphatic heterocycles. The Labute approximate surface area is 213 Å². The first-order valence-electron chi connectivity index (χ1n) is 11.3. The van der Waals surface area contributed by atoms with Gasteiger partial charge in [-0.3, -0.25) is 14.9 Å². The first kappa shape index (κ1) is 23.5. The number of carbonyl (C=O) groups excluding carboxylic acids is 2. The van der Waals surface area contributed by atoms with Gasteiger partial charge in [0.15, 0.2) is 0 Å². The Kier molecular flexibility index (Phi) is 7.18. The van der Waals surface area contributed by atoms with Gasteiger partial charge in [0.05, 0.1) is 26.4 Å². The molecule has 9 heteroatoms. The van der Waals surface area contributed by atoms with Crippen molar-refractivity contribution in [3.8, 4) is 23.0 Å². The molecule has 0 aliphatic carbocycles. The van der Waals surface area contributed by atoms with Crippen LogP contribution in [-0.2, 0) is 16.0 Å². The zero-order valence-corrected chi connectivity index (χ0v) is 20.3. The number of carbonyl (C=O) groups is 3. The summed E-state index contributed by atoms with van der Waals surface area (Å²) in [7, 11) is 3.04. The topological polar surface area (TPSA) is 111 Å². The highest BCUT2D eigenvalue weighted by atomic mass is 32.2. The van der Waals surface area contributed by atoms with Crippen molar-refractivity contribution in [3.05, 3.63) is 83.4 Å². The van der Waals surface area contributed by atoms with E-state index in [0.717, 1.165) is 0 Å². The lowest BCUT2D eigenvalue weighted by atomic mass is 10.0. The SMILES string of the molecule is [2H]C1(Cc2ccc(Oc3ccc(/C(=C\c4cc(OC)cc(OC)c4)C(=O)O)cc3)cc2)SC(=O)NC1=O. The fraction of sp³-hybridized carbons (Fsp3) is 0.148. The third kappa shape index (κ3) is 6.05. The summed E-state index contributed by atoms with van der Waals surface area (Å²) in [6, 6.07) is 18.6. The molecule has 0 spiro atoms. The quantitative estimate of drug-likeness (QED) is 0.308. The van der Waals surface area contributed by atoms with E-state index in [2.05, 4.69) is 5.32 Å². The molecule has 36 heavy (non-hydrogen) atoms. The van der Waals surface area contributed by atoms with Gasteiger partial charge in [0.2, 0.25) is 5.91 Å². The standard InChI is InChI=1S/C27H23NO7S/c1-33-21-11-17(12-22(15-21)34-2)13-23(26(30)31)18-5-9-20(10-6-18)35-19-7-3-16(4-8-19)14-24-25(29)28-27(32)36-24/h3-13,15,24H,14H2,1-2H3,(H,30,31)(H,28,29,32)/b23-13+/i24D. The minimum atomic E-state index is -1.58. The molecular formula is C27H23NO7S. The average Bonchev–Trinajstić information content (AvgIpc) is 3.14. The fourth-order valence-electron chi connectivity index (χ4n) is 3.51. The van der Waals surface area contributed by atoms with E-state index in [0.29, 0.717) is 51.5 Å². The second-order valence-corrected chi connectivity index (χ2v) is 8.79. The van der Waals surface area contributed by atoms with Crippen LogP contribution in [0.15, 0.2) is 66.7 Å². The van der Waals surface area contributed by atoms with E-state index >= 15 is 0 Å². The zero-order chi connectivity index (χ0) is 26.6. The van der Waals surface area contributed by atoms with Crippen molar-refractivity contribution >= 4 is 40.5 Å². The second-order valence-electron chi connectivity index (χ2n) is 7.72. The third-order valence-electron chi connectivity index (χ3n) is 5.29. The van der Waals surface area contributed by atoms with Gasteiger partial charge < -0.3 is 19.3 Å². The Bertz CT molecular complexity index is 1350. The maximum Gasteiger partial charge on any atom is 0.336 e. The lowest BCUT2D eigenvalue weighted by Gasteiger charge is -2.10. The number of thioether (sulfide) groups is 1. The van der Waals surface area contributed by atoms with Crippen LogP contribution in [0.2, 0.25) is 0 Å². The van der Waals surface area contributed by atoms with Crippen LogP contribution in [0.4, 0.5) is 4.79 Å². The maximum absolute atomic E-state index is 12.0. The van der Waals surface area contributed by atoms with Crippen LogP contribution in [0.5, 0.6) is 23.0 Å². The van der Waals surface area contributed by atoms with Crippen LogP contribution in [0, 0.1) is 0 Å². The highest BCUT2D eigenvalue weighted by Gasteiger charge is 2.31. The molecule has 2 amide bonds. The van der Waals surface area contributed by atoms with E-state index < -0.39 is 22.3 Å². The first-order valence-corrected chi connectivity index (χ1v) is 11.6. The maximum atomic E-state index is 12.0. The zero-order valence-electron chi connectivity index (χ0n) is 20.4. The largest absolute Gasteiger partial charge is 0.497 e. The van der Waals surface area contributed by atoms with Crippen molar-refractivity contribution < 1.29 is 35.1 Å². The monoisotopic (exact) mass is 506 g/mol. The summed E-state index contributed by atoms with van der Waals surface area (Å²) < 4.78 is 24.6. The van der Waals surface area contributed by atoms with E-state index in [1.54, 1.807) is 66.7 Å². The van der Waals surface area contributed by atoms with Crippen LogP contribution in [0.3, 0.4) is 0 Å². The van der Waals surface area contributed by atoms with Gasteiger partial charge in [0.1, 0.15) is 23.0 Å². The second kappa shape index (κ2) is 11.0. The average molecular weight is 507 g/mol. The van der Waals surface area contributed by atoms with Crippen LogP contribution >= 0.6 is 11.8 Å². The Morgan fingerprint density at radius 3 is 2.06 bits per heavy atom. The lowest BCUT2D eigenvalue weighted by Crippen LogP contribution is -2.25. The van der Waals surface area contributed by atoms with E-state index in [1.807, 2.05) is 0 Å². The number of ether oxygens (including phenoxy) is 3. The van der Waals surface area contributed by atoms with Crippen molar-refractivity contribution in [2.24, 2.45) is 0 Å². The summed E-state index contributed by atoms with van der Waals surface area (Å²) in [5.41, 5.74) is 1.89. The Morgan fingerprint density at radius 1 is 0.972 bits per heavy atom. The number of aliphatic carboxylic acids is 1. The van der Waals surface area contributed by atoms with Crippen molar-refractivity contribution in [2.75, 3.05) is 14.2 Å². The van der Waals surface area contributed by atoms with Crippen molar-refractivity contribution in [1.29, 1.82) is 0 Å². The van der Waals surface area contributed by atoms with Crippen LogP contribution < -0.4 is 19.5 Å². The van der Waals surface area contributed by atoms with E-state index in [-0.39, 0.29) is 12.0 Å². The predicted molar refractivity (Wildman–Crippen MR) is 137 cm³/mol. The molecule has 1 saturated heterocycles. The first-order chi connectivity index (χ1) is 17.7. The van der Waals surface area contributed by atoms with Crippen molar-refractivity contribution in [3.63, 3.8) is 0 Å². The fourth-order valence-corrected chi connectivity index (χ4v) is 4.26. The molecule has 1 unspecified atom stereocenters.